The number of aliphatic hydroxyl groups is 1. The van der Waals surface area contributed by atoms with Gasteiger partial charge in [-0.15, -0.1) is 0 Å². The molecule has 0 amide bonds. The Hall–Kier alpha value is -0.120. The van der Waals surface area contributed by atoms with Crippen molar-refractivity contribution in [3.05, 3.63) is 0 Å². The molecule has 1 saturated carbocycles. The first-order chi connectivity index (χ1) is 8.16. The van der Waals surface area contributed by atoms with E-state index in [1.165, 1.54) is 25.7 Å². The molecule has 0 aromatic rings. The van der Waals surface area contributed by atoms with Crippen molar-refractivity contribution < 1.29 is 9.84 Å². The molecule has 2 fully saturated rings. The van der Waals surface area contributed by atoms with Gasteiger partial charge in [0.05, 0.1) is 18.8 Å². The fourth-order valence-electron chi connectivity index (χ4n) is 3.14. The van der Waals surface area contributed by atoms with Crippen LogP contribution in [0.25, 0.3) is 0 Å². The Kier molecular flexibility index (Phi) is 4.83. The van der Waals surface area contributed by atoms with Crippen molar-refractivity contribution in [2.45, 2.75) is 64.2 Å². The van der Waals surface area contributed by atoms with Gasteiger partial charge in [0.2, 0.25) is 0 Å². The molecule has 1 saturated heterocycles. The third kappa shape index (κ3) is 3.67. The molecule has 1 aliphatic heterocycles. The highest BCUT2D eigenvalue weighted by molar-refractivity contribution is 4.82. The second kappa shape index (κ2) is 6.17. The zero-order valence-corrected chi connectivity index (χ0v) is 11.3. The van der Waals surface area contributed by atoms with Gasteiger partial charge in [0.15, 0.2) is 0 Å². The van der Waals surface area contributed by atoms with Gasteiger partial charge in [-0.3, -0.25) is 4.90 Å². The highest BCUT2D eigenvalue weighted by Gasteiger charge is 2.30. The Labute approximate surface area is 105 Å². The second-order valence-corrected chi connectivity index (χ2v) is 5.95. The molecule has 2 aliphatic rings. The lowest BCUT2D eigenvalue weighted by atomic mass is 9.96. The molecule has 2 unspecified atom stereocenters. The first-order valence-electron chi connectivity index (χ1n) is 7.20. The normalized spacial score (nSPS) is 30.0. The van der Waals surface area contributed by atoms with E-state index in [0.29, 0.717) is 6.04 Å². The van der Waals surface area contributed by atoms with E-state index < -0.39 is 0 Å². The standard InChI is InChI=1S/C14H27NO2/c1-11(2)15-7-8-17-14(10-15)13(16)9-12-5-3-4-6-12/h11-14,16H,3-10H2,1-2H3. The maximum Gasteiger partial charge on any atom is 0.0961 e. The van der Waals surface area contributed by atoms with Gasteiger partial charge in [-0.05, 0) is 26.2 Å². The first kappa shape index (κ1) is 13.3. The molecule has 0 radical (unpaired) electrons. The average molecular weight is 241 g/mol. The number of nitrogens with zero attached hydrogens (tertiary/aromatic N) is 1. The third-order valence-corrected chi connectivity index (χ3v) is 4.33. The fraction of sp³-hybridized carbons (Fsp3) is 1.00. The van der Waals surface area contributed by atoms with Crippen LogP contribution in [-0.2, 0) is 4.74 Å². The molecule has 1 N–H and O–H groups in total. The molecular formula is C14H27NO2. The van der Waals surface area contributed by atoms with E-state index >= 15 is 0 Å². The Morgan fingerprint density at radius 1 is 1.29 bits per heavy atom. The van der Waals surface area contributed by atoms with E-state index in [1.807, 2.05) is 0 Å². The van der Waals surface area contributed by atoms with Crippen LogP contribution in [0.3, 0.4) is 0 Å². The van der Waals surface area contributed by atoms with Crippen molar-refractivity contribution >= 4 is 0 Å². The van der Waals surface area contributed by atoms with Gasteiger partial charge in [-0.2, -0.15) is 0 Å². The highest BCUT2D eigenvalue weighted by atomic mass is 16.5. The minimum Gasteiger partial charge on any atom is -0.390 e. The van der Waals surface area contributed by atoms with Crippen LogP contribution in [0.15, 0.2) is 0 Å². The summed E-state index contributed by atoms with van der Waals surface area (Å²) in [6.45, 7) is 7.10. The van der Waals surface area contributed by atoms with Gasteiger partial charge in [0.25, 0.3) is 0 Å². The summed E-state index contributed by atoms with van der Waals surface area (Å²) < 4.78 is 5.74. The summed E-state index contributed by atoms with van der Waals surface area (Å²) in [6, 6.07) is 0.556. The predicted octanol–water partition coefficient (Wildman–Crippen LogP) is 2.04. The molecule has 0 bridgehead atoms. The molecule has 0 spiro atoms. The molecule has 100 valence electrons. The van der Waals surface area contributed by atoms with Crippen LogP contribution in [0.4, 0.5) is 0 Å². The Balaban J connectivity index is 1.79. The highest BCUT2D eigenvalue weighted by Crippen LogP contribution is 2.30. The largest absolute Gasteiger partial charge is 0.390 e. The number of hydrogen-bond donors (Lipinski definition) is 1. The number of morpholine rings is 1. The molecule has 17 heavy (non-hydrogen) atoms. The predicted molar refractivity (Wildman–Crippen MR) is 69.0 cm³/mol. The smallest absolute Gasteiger partial charge is 0.0961 e. The number of ether oxygens (including phenoxy) is 1. The fourth-order valence-corrected chi connectivity index (χ4v) is 3.14. The number of aliphatic hydroxyl groups excluding tert-OH is 1. The summed E-state index contributed by atoms with van der Waals surface area (Å²) in [4.78, 5) is 2.41. The van der Waals surface area contributed by atoms with Crippen molar-refractivity contribution in [1.29, 1.82) is 0 Å². The minimum atomic E-state index is -0.264. The summed E-state index contributed by atoms with van der Waals surface area (Å²) in [5, 5.41) is 10.3. The summed E-state index contributed by atoms with van der Waals surface area (Å²) in [6.07, 6.45) is 6.01. The quantitative estimate of drug-likeness (QED) is 0.817. The van der Waals surface area contributed by atoms with Crippen molar-refractivity contribution in [1.82, 2.24) is 4.90 Å². The van der Waals surface area contributed by atoms with E-state index in [-0.39, 0.29) is 12.2 Å². The topological polar surface area (TPSA) is 32.7 Å². The van der Waals surface area contributed by atoms with Crippen LogP contribution in [0, 0.1) is 5.92 Å². The molecule has 2 rings (SSSR count). The minimum absolute atomic E-state index is 0.0340. The monoisotopic (exact) mass is 241 g/mol. The third-order valence-electron chi connectivity index (χ3n) is 4.33. The Morgan fingerprint density at radius 2 is 2.00 bits per heavy atom. The van der Waals surface area contributed by atoms with Gasteiger partial charge in [-0.25, -0.2) is 0 Å². The van der Waals surface area contributed by atoms with Gasteiger partial charge in [-0.1, -0.05) is 25.7 Å². The van der Waals surface area contributed by atoms with Gasteiger partial charge in [0, 0.05) is 19.1 Å². The number of rotatable bonds is 4. The molecule has 1 heterocycles. The molecule has 3 nitrogen and oxygen atoms in total. The van der Waals surface area contributed by atoms with Crippen molar-refractivity contribution in [3.8, 4) is 0 Å². The van der Waals surface area contributed by atoms with Crippen LogP contribution in [0.1, 0.15) is 46.0 Å². The molecule has 3 heteroatoms. The molecule has 1 aliphatic carbocycles. The lowest BCUT2D eigenvalue weighted by Gasteiger charge is -2.37. The van der Waals surface area contributed by atoms with Crippen molar-refractivity contribution in [2.75, 3.05) is 19.7 Å². The molecule has 0 aromatic heterocycles. The summed E-state index contributed by atoms with van der Waals surface area (Å²) in [7, 11) is 0. The maximum atomic E-state index is 10.3. The SMILES string of the molecule is CC(C)N1CCOC(C(O)CC2CCCC2)C1. The van der Waals surface area contributed by atoms with Crippen LogP contribution in [-0.4, -0.2) is 48.0 Å². The summed E-state index contributed by atoms with van der Waals surface area (Å²) in [5.41, 5.74) is 0. The van der Waals surface area contributed by atoms with Gasteiger partial charge in [0.1, 0.15) is 0 Å². The van der Waals surface area contributed by atoms with Crippen LogP contribution in [0.5, 0.6) is 0 Å². The Morgan fingerprint density at radius 3 is 2.65 bits per heavy atom. The molecule has 2 atom stereocenters. The van der Waals surface area contributed by atoms with Gasteiger partial charge >= 0.3 is 0 Å². The van der Waals surface area contributed by atoms with E-state index in [2.05, 4.69) is 18.7 Å². The van der Waals surface area contributed by atoms with Crippen LogP contribution >= 0.6 is 0 Å². The summed E-state index contributed by atoms with van der Waals surface area (Å²) >= 11 is 0. The summed E-state index contributed by atoms with van der Waals surface area (Å²) in [5.74, 6) is 0.739. The van der Waals surface area contributed by atoms with Crippen molar-refractivity contribution in [3.63, 3.8) is 0 Å². The van der Waals surface area contributed by atoms with E-state index in [4.69, 9.17) is 4.74 Å². The lowest BCUT2D eigenvalue weighted by molar-refractivity contribution is -0.0997. The van der Waals surface area contributed by atoms with E-state index in [9.17, 15) is 5.11 Å². The first-order valence-corrected chi connectivity index (χ1v) is 7.20. The maximum absolute atomic E-state index is 10.3. The van der Waals surface area contributed by atoms with Crippen molar-refractivity contribution in [2.24, 2.45) is 5.92 Å². The van der Waals surface area contributed by atoms with E-state index in [0.717, 1.165) is 32.0 Å². The van der Waals surface area contributed by atoms with Crippen LogP contribution < -0.4 is 0 Å². The molecular weight excluding hydrogens is 214 g/mol. The van der Waals surface area contributed by atoms with Gasteiger partial charge < -0.3 is 9.84 Å². The lowest BCUT2D eigenvalue weighted by Crippen LogP contribution is -2.50. The average Bonchev–Trinajstić information content (AvgIpc) is 2.82. The number of hydrogen-bond acceptors (Lipinski definition) is 3. The molecule has 0 aromatic carbocycles. The zero-order chi connectivity index (χ0) is 12.3. The Bertz CT molecular complexity index is 226. The van der Waals surface area contributed by atoms with Crippen LogP contribution in [0.2, 0.25) is 0 Å². The zero-order valence-electron chi connectivity index (χ0n) is 11.3. The van der Waals surface area contributed by atoms with E-state index in [1.54, 1.807) is 0 Å². The second-order valence-electron chi connectivity index (χ2n) is 5.95.